The molecule has 0 aromatic rings. The van der Waals surface area contributed by atoms with E-state index < -0.39 is 0 Å². The van der Waals surface area contributed by atoms with E-state index >= 15 is 0 Å². The summed E-state index contributed by atoms with van der Waals surface area (Å²) in [6.07, 6.45) is 4.17. The molecule has 1 N–H and O–H groups in total. The molecule has 0 amide bonds. The fraction of sp³-hybridized carbons (Fsp3) is 1.00. The molecule has 2 saturated heterocycles. The van der Waals surface area contributed by atoms with Gasteiger partial charge in [-0.3, -0.25) is 9.80 Å². The first-order valence-corrected chi connectivity index (χ1v) is 8.60. The lowest BCUT2D eigenvalue weighted by Gasteiger charge is -2.35. The van der Waals surface area contributed by atoms with E-state index in [2.05, 4.69) is 49.7 Å². The predicted molar refractivity (Wildman–Crippen MR) is 87.2 cm³/mol. The van der Waals surface area contributed by atoms with Crippen LogP contribution in [0.1, 0.15) is 53.9 Å². The van der Waals surface area contributed by atoms with Crippen molar-refractivity contribution < 1.29 is 0 Å². The Morgan fingerprint density at radius 2 is 1.80 bits per heavy atom. The topological polar surface area (TPSA) is 18.5 Å². The highest BCUT2D eigenvalue weighted by Gasteiger charge is 2.31. The molecule has 2 fully saturated rings. The summed E-state index contributed by atoms with van der Waals surface area (Å²) in [5.74, 6) is 0.710. The van der Waals surface area contributed by atoms with E-state index in [-0.39, 0.29) is 5.54 Å². The molecular formula is C17H35N3. The van der Waals surface area contributed by atoms with Crippen LogP contribution < -0.4 is 5.32 Å². The summed E-state index contributed by atoms with van der Waals surface area (Å²) in [6.45, 7) is 18.0. The lowest BCUT2D eigenvalue weighted by atomic mass is 9.99. The van der Waals surface area contributed by atoms with Gasteiger partial charge in [0.1, 0.15) is 0 Å². The maximum absolute atomic E-state index is 3.67. The average Bonchev–Trinajstić information content (AvgIpc) is 2.71. The minimum absolute atomic E-state index is 0.231. The van der Waals surface area contributed by atoms with Crippen LogP contribution in [-0.2, 0) is 0 Å². The van der Waals surface area contributed by atoms with Crippen LogP contribution in [0.2, 0.25) is 0 Å². The van der Waals surface area contributed by atoms with E-state index in [4.69, 9.17) is 0 Å². The molecule has 0 spiro atoms. The standard InChI is InChI=1S/C17H35N3/c1-14(12-18-17(3,4)5)15(2)20-11-7-10-19-9-6-8-16(19)13-20/h14-16,18H,6-13H2,1-5H3. The molecule has 0 radical (unpaired) electrons. The van der Waals surface area contributed by atoms with E-state index in [1.807, 2.05) is 0 Å². The Hall–Kier alpha value is -0.120. The second kappa shape index (κ2) is 6.76. The SMILES string of the molecule is CC(CNC(C)(C)C)C(C)N1CCCN2CCCC2C1. The van der Waals surface area contributed by atoms with Crippen molar-refractivity contribution in [2.45, 2.75) is 71.5 Å². The van der Waals surface area contributed by atoms with Gasteiger partial charge in [-0.2, -0.15) is 0 Å². The van der Waals surface area contributed by atoms with Gasteiger partial charge in [0.25, 0.3) is 0 Å². The summed E-state index contributed by atoms with van der Waals surface area (Å²) in [5.41, 5.74) is 0.231. The van der Waals surface area contributed by atoms with Gasteiger partial charge in [-0.1, -0.05) is 6.92 Å². The number of hydrogen-bond donors (Lipinski definition) is 1. The van der Waals surface area contributed by atoms with Gasteiger partial charge in [0.05, 0.1) is 0 Å². The van der Waals surface area contributed by atoms with Crippen LogP contribution in [0.5, 0.6) is 0 Å². The maximum atomic E-state index is 3.67. The second-order valence-electron chi connectivity index (χ2n) is 8.03. The van der Waals surface area contributed by atoms with Crippen molar-refractivity contribution in [3.8, 4) is 0 Å². The van der Waals surface area contributed by atoms with Crippen LogP contribution >= 0.6 is 0 Å². The van der Waals surface area contributed by atoms with Crippen LogP contribution in [0.15, 0.2) is 0 Å². The van der Waals surface area contributed by atoms with Gasteiger partial charge in [-0.15, -0.1) is 0 Å². The van der Waals surface area contributed by atoms with Gasteiger partial charge in [-0.05, 0) is 79.1 Å². The lowest BCUT2D eigenvalue weighted by Crippen LogP contribution is -2.47. The minimum atomic E-state index is 0.231. The number of hydrogen-bond acceptors (Lipinski definition) is 3. The minimum Gasteiger partial charge on any atom is -0.312 e. The van der Waals surface area contributed by atoms with Crippen molar-refractivity contribution in [3.63, 3.8) is 0 Å². The molecule has 0 aliphatic carbocycles. The van der Waals surface area contributed by atoms with E-state index in [1.54, 1.807) is 0 Å². The van der Waals surface area contributed by atoms with Gasteiger partial charge in [0, 0.05) is 24.2 Å². The van der Waals surface area contributed by atoms with E-state index in [0.717, 1.165) is 12.6 Å². The van der Waals surface area contributed by atoms with Gasteiger partial charge >= 0.3 is 0 Å². The molecule has 0 aromatic carbocycles. The number of rotatable bonds is 4. The fourth-order valence-corrected chi connectivity index (χ4v) is 3.60. The molecule has 3 nitrogen and oxygen atoms in total. The molecule has 20 heavy (non-hydrogen) atoms. The normalized spacial score (nSPS) is 28.9. The molecule has 3 unspecified atom stereocenters. The molecule has 2 heterocycles. The Morgan fingerprint density at radius 3 is 2.50 bits per heavy atom. The molecule has 0 saturated carbocycles. The number of nitrogens with zero attached hydrogens (tertiary/aromatic N) is 2. The zero-order chi connectivity index (χ0) is 14.8. The fourth-order valence-electron chi connectivity index (χ4n) is 3.60. The summed E-state index contributed by atoms with van der Waals surface area (Å²) in [7, 11) is 0. The molecule has 0 bridgehead atoms. The highest BCUT2D eigenvalue weighted by atomic mass is 15.3. The summed E-state index contributed by atoms with van der Waals surface area (Å²) >= 11 is 0. The van der Waals surface area contributed by atoms with E-state index in [0.29, 0.717) is 12.0 Å². The van der Waals surface area contributed by atoms with Gasteiger partial charge in [0.15, 0.2) is 0 Å². The Morgan fingerprint density at radius 1 is 1.10 bits per heavy atom. The average molecular weight is 281 g/mol. The van der Waals surface area contributed by atoms with E-state index in [1.165, 1.54) is 45.4 Å². The van der Waals surface area contributed by atoms with Crippen molar-refractivity contribution in [3.05, 3.63) is 0 Å². The van der Waals surface area contributed by atoms with Crippen LogP contribution in [0.4, 0.5) is 0 Å². The van der Waals surface area contributed by atoms with Crippen molar-refractivity contribution in [2.24, 2.45) is 5.92 Å². The lowest BCUT2D eigenvalue weighted by molar-refractivity contribution is 0.140. The first kappa shape index (κ1) is 16.3. The van der Waals surface area contributed by atoms with Gasteiger partial charge < -0.3 is 5.32 Å². The molecule has 118 valence electrons. The molecule has 0 aromatic heterocycles. The summed E-state index contributed by atoms with van der Waals surface area (Å²) < 4.78 is 0. The van der Waals surface area contributed by atoms with Crippen LogP contribution in [0.3, 0.4) is 0 Å². The largest absolute Gasteiger partial charge is 0.312 e. The Bertz CT molecular complexity index is 297. The van der Waals surface area contributed by atoms with Crippen LogP contribution in [-0.4, -0.2) is 60.1 Å². The third-order valence-corrected chi connectivity index (χ3v) is 5.19. The smallest absolute Gasteiger partial charge is 0.0223 e. The summed E-state index contributed by atoms with van der Waals surface area (Å²) in [4.78, 5) is 5.48. The molecule has 3 heteroatoms. The molecular weight excluding hydrogens is 246 g/mol. The second-order valence-corrected chi connectivity index (χ2v) is 8.03. The maximum Gasteiger partial charge on any atom is 0.0223 e. The first-order valence-electron chi connectivity index (χ1n) is 8.60. The van der Waals surface area contributed by atoms with Crippen LogP contribution in [0.25, 0.3) is 0 Å². The molecule has 2 rings (SSSR count). The first-order chi connectivity index (χ1) is 9.37. The number of fused-ring (bicyclic) bond motifs is 1. The van der Waals surface area contributed by atoms with Crippen molar-refractivity contribution >= 4 is 0 Å². The highest BCUT2D eigenvalue weighted by molar-refractivity contribution is 4.88. The molecule has 3 atom stereocenters. The van der Waals surface area contributed by atoms with Crippen molar-refractivity contribution in [2.75, 3.05) is 32.7 Å². The van der Waals surface area contributed by atoms with Crippen molar-refractivity contribution in [1.29, 1.82) is 0 Å². The quantitative estimate of drug-likeness (QED) is 0.854. The molecule has 2 aliphatic rings. The summed E-state index contributed by atoms with van der Waals surface area (Å²) in [5, 5.41) is 3.67. The van der Waals surface area contributed by atoms with Gasteiger partial charge in [-0.25, -0.2) is 0 Å². The summed E-state index contributed by atoms with van der Waals surface area (Å²) in [6, 6.07) is 1.52. The Labute approximate surface area is 126 Å². The Balaban J connectivity index is 1.85. The van der Waals surface area contributed by atoms with E-state index in [9.17, 15) is 0 Å². The third kappa shape index (κ3) is 4.44. The number of nitrogens with one attached hydrogen (secondary N) is 1. The Kier molecular flexibility index (Phi) is 5.49. The zero-order valence-electron chi connectivity index (χ0n) is 14.3. The molecule has 2 aliphatic heterocycles. The van der Waals surface area contributed by atoms with Crippen LogP contribution in [0, 0.1) is 5.92 Å². The predicted octanol–water partition coefficient (Wildman–Crippen LogP) is 2.57. The monoisotopic (exact) mass is 281 g/mol. The highest BCUT2D eigenvalue weighted by Crippen LogP contribution is 2.24. The van der Waals surface area contributed by atoms with Crippen molar-refractivity contribution in [1.82, 2.24) is 15.1 Å². The third-order valence-electron chi connectivity index (χ3n) is 5.19. The van der Waals surface area contributed by atoms with Gasteiger partial charge in [0.2, 0.25) is 0 Å². The zero-order valence-corrected chi connectivity index (χ0v) is 14.3.